The summed E-state index contributed by atoms with van der Waals surface area (Å²) < 4.78 is 1.07. The summed E-state index contributed by atoms with van der Waals surface area (Å²) in [7, 11) is 4.10. The Morgan fingerprint density at radius 3 is 2.56 bits per heavy atom. The Morgan fingerprint density at radius 2 is 2.06 bits per heavy atom. The van der Waals surface area contributed by atoms with Gasteiger partial charge in [0.05, 0.1) is 5.54 Å². The molecule has 0 N–H and O–H groups in total. The van der Waals surface area contributed by atoms with E-state index in [1.807, 2.05) is 25.5 Å². The highest BCUT2D eigenvalue weighted by atomic mass is 79.9. The molecule has 0 aliphatic heterocycles. The van der Waals surface area contributed by atoms with Crippen molar-refractivity contribution < 1.29 is 4.79 Å². The molecule has 0 amide bonds. The number of thiophene rings is 1. The van der Waals surface area contributed by atoms with Gasteiger partial charge in [0.2, 0.25) is 0 Å². The number of Topliss-reactive ketones (excluding diaryl/α,β-unsaturated/α-hetero) is 1. The standard InChI is InChI=1S/C14H20BrNOS/c1-16(2)14(7-4-3-5-8-14)13(17)10-12-11(15)6-9-18-12/h6,9H,3-5,7-8,10H2,1-2H3. The Bertz CT molecular complexity index is 421. The van der Waals surface area contributed by atoms with Crippen molar-refractivity contribution in [3.05, 3.63) is 20.8 Å². The highest BCUT2D eigenvalue weighted by Crippen LogP contribution is 2.35. The van der Waals surface area contributed by atoms with E-state index in [1.165, 1.54) is 19.3 Å². The molecule has 1 aliphatic carbocycles. The maximum absolute atomic E-state index is 12.7. The van der Waals surface area contributed by atoms with Crippen LogP contribution in [0.25, 0.3) is 0 Å². The molecule has 18 heavy (non-hydrogen) atoms. The molecule has 0 atom stereocenters. The van der Waals surface area contributed by atoms with Crippen LogP contribution in [-0.4, -0.2) is 30.3 Å². The summed E-state index contributed by atoms with van der Waals surface area (Å²) in [6.07, 6.45) is 6.22. The smallest absolute Gasteiger partial charge is 0.158 e. The molecule has 4 heteroatoms. The first-order valence-corrected chi connectivity index (χ1v) is 8.16. The molecule has 0 radical (unpaired) electrons. The molecular weight excluding hydrogens is 310 g/mol. The largest absolute Gasteiger partial charge is 0.297 e. The van der Waals surface area contributed by atoms with E-state index in [4.69, 9.17) is 0 Å². The molecule has 0 aromatic carbocycles. The summed E-state index contributed by atoms with van der Waals surface area (Å²) in [6, 6.07) is 2.02. The van der Waals surface area contributed by atoms with Crippen molar-refractivity contribution in [2.75, 3.05) is 14.1 Å². The summed E-state index contributed by atoms with van der Waals surface area (Å²) in [5.41, 5.74) is -0.221. The number of likely N-dealkylation sites (N-methyl/N-ethyl adjacent to an activating group) is 1. The molecule has 1 aromatic heterocycles. The van der Waals surface area contributed by atoms with Crippen molar-refractivity contribution in [3.63, 3.8) is 0 Å². The number of carbonyl (C=O) groups is 1. The van der Waals surface area contributed by atoms with Crippen LogP contribution in [0.1, 0.15) is 37.0 Å². The Kier molecular flexibility index (Phi) is 4.62. The van der Waals surface area contributed by atoms with Crippen molar-refractivity contribution in [3.8, 4) is 0 Å². The van der Waals surface area contributed by atoms with Crippen molar-refractivity contribution in [2.45, 2.75) is 44.1 Å². The Labute approximate surface area is 122 Å². The fourth-order valence-electron chi connectivity index (χ4n) is 2.87. The van der Waals surface area contributed by atoms with Crippen molar-refractivity contribution in [2.24, 2.45) is 0 Å². The van der Waals surface area contributed by atoms with Gasteiger partial charge in [0.1, 0.15) is 0 Å². The second-order valence-corrected chi connectivity index (χ2v) is 7.13. The van der Waals surface area contributed by atoms with Crippen molar-refractivity contribution in [1.29, 1.82) is 0 Å². The minimum atomic E-state index is -0.221. The van der Waals surface area contributed by atoms with Crippen LogP contribution < -0.4 is 0 Å². The van der Waals surface area contributed by atoms with Gasteiger partial charge in [-0.3, -0.25) is 9.69 Å². The van der Waals surface area contributed by atoms with Gasteiger partial charge < -0.3 is 0 Å². The van der Waals surface area contributed by atoms with Gasteiger partial charge in [-0.15, -0.1) is 11.3 Å². The van der Waals surface area contributed by atoms with Crippen LogP contribution in [0.3, 0.4) is 0 Å². The molecule has 2 nitrogen and oxygen atoms in total. The molecule has 0 bridgehead atoms. The minimum Gasteiger partial charge on any atom is -0.297 e. The number of hydrogen-bond acceptors (Lipinski definition) is 3. The predicted octanol–water partition coefficient (Wildman–Crippen LogP) is 3.89. The third-order valence-corrected chi connectivity index (χ3v) is 5.99. The zero-order valence-electron chi connectivity index (χ0n) is 11.0. The van der Waals surface area contributed by atoms with Gasteiger partial charge in [-0.2, -0.15) is 0 Å². The summed E-state index contributed by atoms with van der Waals surface area (Å²) in [5.74, 6) is 0.385. The second kappa shape index (κ2) is 5.85. The molecular formula is C14H20BrNOS. The lowest BCUT2D eigenvalue weighted by molar-refractivity contribution is -0.131. The van der Waals surface area contributed by atoms with Crippen LogP contribution in [0.2, 0.25) is 0 Å². The molecule has 100 valence electrons. The van der Waals surface area contributed by atoms with E-state index in [-0.39, 0.29) is 5.54 Å². The fourth-order valence-corrected chi connectivity index (χ4v) is 4.36. The highest BCUT2D eigenvalue weighted by molar-refractivity contribution is 9.10. The fraction of sp³-hybridized carbons (Fsp3) is 0.643. The van der Waals surface area contributed by atoms with Gasteiger partial charge >= 0.3 is 0 Å². The van der Waals surface area contributed by atoms with E-state index >= 15 is 0 Å². The van der Waals surface area contributed by atoms with Gasteiger partial charge in [-0.05, 0) is 54.3 Å². The number of halogens is 1. The molecule has 1 aromatic rings. The molecule has 0 unspecified atom stereocenters. The molecule has 2 rings (SSSR count). The first kappa shape index (κ1) is 14.2. The molecule has 1 saturated carbocycles. The summed E-state index contributed by atoms with van der Waals surface area (Å²) in [6.45, 7) is 0. The summed E-state index contributed by atoms with van der Waals surface area (Å²) in [5, 5.41) is 2.04. The monoisotopic (exact) mass is 329 g/mol. The van der Waals surface area contributed by atoms with Crippen molar-refractivity contribution >= 4 is 33.0 Å². The van der Waals surface area contributed by atoms with E-state index < -0.39 is 0 Å². The third kappa shape index (κ3) is 2.70. The van der Waals surface area contributed by atoms with Gasteiger partial charge in [-0.25, -0.2) is 0 Å². The number of carbonyl (C=O) groups excluding carboxylic acids is 1. The normalized spacial score (nSPS) is 19.1. The molecule has 0 saturated heterocycles. The van der Waals surface area contributed by atoms with Gasteiger partial charge in [-0.1, -0.05) is 19.3 Å². The van der Waals surface area contributed by atoms with Crippen LogP contribution in [0.15, 0.2) is 15.9 Å². The van der Waals surface area contributed by atoms with Crippen LogP contribution in [-0.2, 0) is 11.2 Å². The van der Waals surface area contributed by atoms with E-state index in [0.29, 0.717) is 12.2 Å². The SMILES string of the molecule is CN(C)C1(C(=O)Cc2sccc2Br)CCCCC1. The third-order valence-electron chi connectivity index (χ3n) is 4.07. The highest BCUT2D eigenvalue weighted by Gasteiger charge is 2.40. The molecule has 1 fully saturated rings. The van der Waals surface area contributed by atoms with Crippen LogP contribution >= 0.6 is 27.3 Å². The Balaban J connectivity index is 2.16. The van der Waals surface area contributed by atoms with E-state index in [1.54, 1.807) is 11.3 Å². The van der Waals surface area contributed by atoms with Gasteiger partial charge in [0.15, 0.2) is 5.78 Å². The van der Waals surface area contributed by atoms with Gasteiger partial charge in [0, 0.05) is 15.8 Å². The van der Waals surface area contributed by atoms with E-state index in [2.05, 4.69) is 20.8 Å². The average Bonchev–Trinajstić information content (AvgIpc) is 2.75. The quantitative estimate of drug-likeness (QED) is 0.835. The number of ketones is 1. The maximum Gasteiger partial charge on any atom is 0.158 e. The average molecular weight is 330 g/mol. The lowest BCUT2D eigenvalue weighted by Gasteiger charge is -2.41. The Morgan fingerprint density at radius 1 is 1.39 bits per heavy atom. The number of nitrogens with zero attached hydrogens (tertiary/aromatic N) is 1. The number of rotatable bonds is 4. The lowest BCUT2D eigenvalue weighted by atomic mass is 9.76. The zero-order valence-corrected chi connectivity index (χ0v) is 13.4. The van der Waals surface area contributed by atoms with Gasteiger partial charge in [0.25, 0.3) is 0 Å². The molecule has 1 aliphatic rings. The van der Waals surface area contributed by atoms with Crippen LogP contribution in [0, 0.1) is 0 Å². The van der Waals surface area contributed by atoms with Crippen LogP contribution in [0.4, 0.5) is 0 Å². The minimum absolute atomic E-state index is 0.221. The topological polar surface area (TPSA) is 20.3 Å². The first-order chi connectivity index (χ1) is 8.56. The molecule has 1 heterocycles. The van der Waals surface area contributed by atoms with E-state index in [9.17, 15) is 4.79 Å². The first-order valence-electron chi connectivity index (χ1n) is 6.49. The van der Waals surface area contributed by atoms with E-state index in [0.717, 1.165) is 22.2 Å². The summed E-state index contributed by atoms with van der Waals surface area (Å²) >= 11 is 5.18. The Hall–Kier alpha value is -0.190. The predicted molar refractivity (Wildman–Crippen MR) is 80.2 cm³/mol. The molecule has 0 spiro atoms. The zero-order chi connectivity index (χ0) is 13.2. The van der Waals surface area contributed by atoms with Crippen molar-refractivity contribution in [1.82, 2.24) is 4.90 Å². The lowest BCUT2D eigenvalue weighted by Crippen LogP contribution is -2.53. The second-order valence-electron chi connectivity index (χ2n) is 5.28. The number of hydrogen-bond donors (Lipinski definition) is 0. The summed E-state index contributed by atoms with van der Waals surface area (Å²) in [4.78, 5) is 16.0. The van der Waals surface area contributed by atoms with Crippen LogP contribution in [0.5, 0.6) is 0 Å². The maximum atomic E-state index is 12.7.